The number of anilines is 3. The van der Waals surface area contributed by atoms with Crippen LogP contribution in [0.3, 0.4) is 0 Å². The number of benzene rings is 4. The SMILES string of the molecule is Cc1ccnc(N2c3cc(Oc4cccc(-n5[c](=[Pt])n(C)c6ccccc65)c4)ccc3Cc3c2ccc2c3C(C)(C)C(C)(C)C2(C)C)c1. The molecule has 5 nitrogen and oxygen atoms in total. The molecule has 0 saturated heterocycles. The molecule has 6 aromatic rings. The van der Waals surface area contributed by atoms with Crippen LogP contribution in [-0.2, 0) is 43.7 Å². The second-order valence-electron chi connectivity index (χ2n) is 15.1. The van der Waals surface area contributed by atoms with Gasteiger partial charge in [0.15, 0.2) is 0 Å². The summed E-state index contributed by atoms with van der Waals surface area (Å²) in [5.41, 5.74) is 12.7. The average Bonchev–Trinajstić information content (AvgIpc) is 3.37. The Morgan fingerprint density at radius 3 is 2.27 bits per heavy atom. The zero-order valence-electron chi connectivity index (χ0n) is 29.0. The van der Waals surface area contributed by atoms with Gasteiger partial charge in [-0.2, -0.15) is 0 Å². The van der Waals surface area contributed by atoms with Crippen molar-refractivity contribution in [1.29, 1.82) is 0 Å². The third kappa shape index (κ3) is 4.32. The zero-order chi connectivity index (χ0) is 33.7. The van der Waals surface area contributed by atoms with Gasteiger partial charge in [-0.25, -0.2) is 0 Å². The number of imidazole rings is 1. The molecule has 1 aliphatic heterocycles. The van der Waals surface area contributed by atoms with Crippen LogP contribution in [-0.4, -0.2) is 14.1 Å². The molecule has 3 heterocycles. The molecule has 6 heteroatoms. The van der Waals surface area contributed by atoms with Gasteiger partial charge in [-0.1, -0.05) is 47.6 Å². The predicted octanol–water partition coefficient (Wildman–Crippen LogP) is 10.5. The Balaban J connectivity index is 1.24. The Morgan fingerprint density at radius 2 is 1.50 bits per heavy atom. The van der Waals surface area contributed by atoms with Crippen molar-refractivity contribution in [3.63, 3.8) is 0 Å². The number of hydrogen-bond donors (Lipinski definition) is 0. The third-order valence-electron chi connectivity index (χ3n) is 12.0. The Morgan fingerprint density at radius 1 is 0.750 bits per heavy atom. The molecule has 0 N–H and O–H groups in total. The van der Waals surface area contributed by atoms with E-state index in [4.69, 9.17) is 9.72 Å². The number of nitrogens with zero attached hydrogens (tertiary/aromatic N) is 4. The first-order chi connectivity index (χ1) is 22.8. The Labute approximate surface area is 294 Å². The summed E-state index contributed by atoms with van der Waals surface area (Å²) in [7, 11) is 2.11. The maximum atomic E-state index is 6.65. The smallest absolute Gasteiger partial charge is 0.0582 e. The molecular formula is C42H42N4OPt. The number of pyridine rings is 1. The summed E-state index contributed by atoms with van der Waals surface area (Å²) >= 11 is 2.40. The van der Waals surface area contributed by atoms with Gasteiger partial charge in [-0.3, -0.25) is 0 Å². The van der Waals surface area contributed by atoms with E-state index in [1.54, 1.807) is 0 Å². The van der Waals surface area contributed by atoms with Crippen molar-refractivity contribution in [3.8, 4) is 17.2 Å². The average molecular weight is 814 g/mol. The minimum atomic E-state index is -0.00556. The third-order valence-corrected chi connectivity index (χ3v) is 13.2. The quantitative estimate of drug-likeness (QED) is 0.178. The molecule has 0 bridgehead atoms. The van der Waals surface area contributed by atoms with Crippen molar-refractivity contribution < 1.29 is 24.1 Å². The Kier molecular flexibility index (Phi) is 6.89. The summed E-state index contributed by atoms with van der Waals surface area (Å²) < 4.78 is 12.3. The molecule has 0 amide bonds. The van der Waals surface area contributed by atoms with Gasteiger partial charge in [-0.05, 0) is 45.9 Å². The van der Waals surface area contributed by atoms with Crippen LogP contribution in [0.4, 0.5) is 17.2 Å². The first-order valence-corrected chi connectivity index (χ1v) is 17.9. The van der Waals surface area contributed by atoms with E-state index in [0.29, 0.717) is 0 Å². The normalized spacial score (nSPS) is 16.8. The number of fused-ring (bicyclic) bond motifs is 5. The van der Waals surface area contributed by atoms with Crippen molar-refractivity contribution in [2.45, 2.75) is 65.7 Å². The molecule has 2 aliphatic rings. The van der Waals surface area contributed by atoms with Crippen LogP contribution in [0, 0.1) is 16.1 Å². The molecule has 1 aliphatic carbocycles. The topological polar surface area (TPSA) is 35.2 Å². The van der Waals surface area contributed by atoms with Crippen molar-refractivity contribution in [1.82, 2.24) is 14.1 Å². The monoisotopic (exact) mass is 813 g/mol. The fraction of sp³-hybridized carbons (Fsp3) is 0.286. The van der Waals surface area contributed by atoms with Crippen LogP contribution >= 0.6 is 0 Å². The molecule has 0 saturated carbocycles. The van der Waals surface area contributed by atoms with Gasteiger partial charge in [0.1, 0.15) is 0 Å². The van der Waals surface area contributed by atoms with Gasteiger partial charge in [0.05, 0.1) is 0 Å². The van der Waals surface area contributed by atoms with Gasteiger partial charge in [-0.15, -0.1) is 0 Å². The van der Waals surface area contributed by atoms with Gasteiger partial charge in [0.2, 0.25) is 0 Å². The maximum absolute atomic E-state index is 6.65. The van der Waals surface area contributed by atoms with E-state index >= 15 is 0 Å². The second-order valence-corrected chi connectivity index (χ2v) is 16.1. The summed E-state index contributed by atoms with van der Waals surface area (Å²) in [5.74, 6) is 2.52. The summed E-state index contributed by atoms with van der Waals surface area (Å²) in [6.07, 6.45) is 2.79. The van der Waals surface area contributed by atoms with Gasteiger partial charge in [0.25, 0.3) is 0 Å². The summed E-state index contributed by atoms with van der Waals surface area (Å²) in [4.78, 5) is 7.28. The number of aryl methyl sites for hydroxylation is 2. The van der Waals surface area contributed by atoms with Crippen LogP contribution in [0.25, 0.3) is 16.7 Å². The predicted molar refractivity (Wildman–Crippen MR) is 192 cm³/mol. The van der Waals surface area contributed by atoms with E-state index in [2.05, 4.69) is 174 Å². The first kappa shape index (κ1) is 31.1. The molecule has 2 aromatic heterocycles. The molecule has 0 radical (unpaired) electrons. The van der Waals surface area contributed by atoms with Crippen LogP contribution in [0.1, 0.15) is 69.4 Å². The van der Waals surface area contributed by atoms with Crippen molar-refractivity contribution in [3.05, 3.63) is 129 Å². The zero-order valence-corrected chi connectivity index (χ0v) is 31.2. The second kappa shape index (κ2) is 10.6. The Bertz CT molecular complexity index is 2340. The summed E-state index contributed by atoms with van der Waals surface area (Å²) in [6.45, 7) is 16.7. The number of ether oxygens (including phenoxy) is 1. The fourth-order valence-corrected chi connectivity index (χ4v) is 9.04. The van der Waals surface area contributed by atoms with Gasteiger partial charge in [0, 0.05) is 6.20 Å². The summed E-state index contributed by atoms with van der Waals surface area (Å²) in [6, 6.07) is 32.4. The minimum absolute atomic E-state index is 0.00556. The molecule has 48 heavy (non-hydrogen) atoms. The van der Waals surface area contributed by atoms with E-state index in [9.17, 15) is 0 Å². The fourth-order valence-electron chi connectivity index (χ4n) is 8.20. The van der Waals surface area contributed by atoms with E-state index < -0.39 is 0 Å². The van der Waals surface area contributed by atoms with Crippen LogP contribution in [0.2, 0.25) is 0 Å². The Hall–Kier alpha value is -4.21. The molecule has 0 spiro atoms. The van der Waals surface area contributed by atoms with Crippen LogP contribution in [0.15, 0.2) is 97.2 Å². The van der Waals surface area contributed by atoms with Gasteiger partial charge >= 0.3 is 196 Å². The van der Waals surface area contributed by atoms with E-state index in [1.165, 1.54) is 39.0 Å². The van der Waals surface area contributed by atoms with Crippen molar-refractivity contribution in [2.24, 2.45) is 12.5 Å². The van der Waals surface area contributed by atoms with E-state index in [1.807, 2.05) is 12.3 Å². The first-order valence-electron chi connectivity index (χ1n) is 16.7. The molecule has 0 fully saturated rings. The van der Waals surface area contributed by atoms with Gasteiger partial charge < -0.3 is 0 Å². The van der Waals surface area contributed by atoms with Crippen LogP contribution in [0.5, 0.6) is 11.5 Å². The minimum Gasteiger partial charge on any atom is -0.0582 e. The number of hydrogen-bond acceptors (Lipinski definition) is 3. The molecular weight excluding hydrogens is 772 g/mol. The molecule has 8 rings (SSSR count). The number of aromatic nitrogens is 3. The molecule has 4 aromatic carbocycles. The van der Waals surface area contributed by atoms with Crippen molar-refractivity contribution >= 4 is 28.2 Å². The molecule has 0 unspecified atom stereocenters. The van der Waals surface area contributed by atoms with Crippen LogP contribution < -0.4 is 9.64 Å². The summed E-state index contributed by atoms with van der Waals surface area (Å²) in [5, 5.41) is 0. The van der Waals surface area contributed by atoms with E-state index in [-0.39, 0.29) is 16.2 Å². The number of rotatable bonds is 4. The van der Waals surface area contributed by atoms with E-state index in [0.717, 1.165) is 44.4 Å². The molecule has 246 valence electrons. The molecule has 0 atom stereocenters. The standard InChI is InChI=1S/C42H42N4O.Pt/c1-27-20-21-43-38(22-27)46-34-19-18-33-39(41(4,5)42(6,7)40(33,2)3)32(34)23-28-16-17-31(25-37(28)46)47-30-13-11-12-29(24-30)45-26-44(8)35-14-9-10-15-36(35)45;/h9-22,24-25H,23H2,1-8H3;. The van der Waals surface area contributed by atoms with Crippen molar-refractivity contribution in [2.75, 3.05) is 4.90 Å². The number of para-hydroxylation sites is 2.